The molecule has 1 aromatic carbocycles. The third-order valence-electron chi connectivity index (χ3n) is 6.64. The minimum Gasteiger partial charge on any atom is -0.352 e. The minimum absolute atomic E-state index is 0.160. The van der Waals surface area contributed by atoms with Gasteiger partial charge in [0, 0.05) is 31.7 Å². The largest absolute Gasteiger partial charge is 0.352 e. The molecule has 2 N–H and O–H groups in total. The number of nitrogens with zero attached hydrogens (tertiary/aromatic N) is 1. The lowest BCUT2D eigenvalue weighted by atomic mass is 9.87. The Hall–Kier alpha value is -2.19. The van der Waals surface area contributed by atoms with E-state index in [1.54, 1.807) is 12.1 Å². The van der Waals surface area contributed by atoms with Crippen molar-refractivity contribution in [1.82, 2.24) is 14.9 Å². The molecule has 0 bridgehead atoms. The molecule has 0 unspecified atom stereocenters. The number of piperidine rings is 1. The third-order valence-corrected chi connectivity index (χ3v) is 8.55. The van der Waals surface area contributed by atoms with E-state index < -0.39 is 10.0 Å². The predicted molar refractivity (Wildman–Crippen MR) is 125 cm³/mol. The maximum absolute atomic E-state index is 13.0. The minimum atomic E-state index is -3.60. The van der Waals surface area contributed by atoms with Crippen LogP contribution < -0.4 is 10.6 Å². The van der Waals surface area contributed by atoms with E-state index in [-0.39, 0.29) is 22.6 Å². The molecule has 2 amide bonds. The Morgan fingerprint density at radius 3 is 2.25 bits per heavy atom. The summed E-state index contributed by atoms with van der Waals surface area (Å²) >= 11 is 0. The first-order valence-corrected chi connectivity index (χ1v) is 13.1. The number of nitrogens with one attached hydrogen (secondary N) is 2. The number of rotatable bonds is 9. The molecule has 1 saturated heterocycles. The van der Waals surface area contributed by atoms with E-state index in [0.29, 0.717) is 50.5 Å². The summed E-state index contributed by atoms with van der Waals surface area (Å²) in [6.07, 6.45) is 10.0. The SMILES string of the molecule is C=CC(=O)NCC1CCN(S(=O)(=O)c2ccc(C(=O)NCCC3CCCCC3)cc2)CC1. The lowest BCUT2D eigenvalue weighted by Gasteiger charge is -2.31. The smallest absolute Gasteiger partial charge is 0.251 e. The van der Waals surface area contributed by atoms with Crippen LogP contribution in [0.15, 0.2) is 41.8 Å². The summed E-state index contributed by atoms with van der Waals surface area (Å²) < 4.78 is 27.4. The van der Waals surface area contributed by atoms with Crippen LogP contribution in [0.25, 0.3) is 0 Å². The zero-order valence-corrected chi connectivity index (χ0v) is 19.5. The van der Waals surface area contributed by atoms with Crippen LogP contribution in [0.2, 0.25) is 0 Å². The van der Waals surface area contributed by atoms with E-state index in [0.717, 1.165) is 6.42 Å². The first kappa shape index (κ1) is 24.5. The Labute approximate surface area is 191 Å². The van der Waals surface area contributed by atoms with Gasteiger partial charge in [0.2, 0.25) is 15.9 Å². The van der Waals surface area contributed by atoms with Crippen molar-refractivity contribution < 1.29 is 18.0 Å². The van der Waals surface area contributed by atoms with Gasteiger partial charge < -0.3 is 10.6 Å². The molecule has 0 radical (unpaired) electrons. The molecule has 0 atom stereocenters. The van der Waals surface area contributed by atoms with Crippen molar-refractivity contribution in [2.45, 2.75) is 56.3 Å². The summed E-state index contributed by atoms with van der Waals surface area (Å²) in [5.74, 6) is 0.592. The van der Waals surface area contributed by atoms with Crippen LogP contribution in [-0.4, -0.2) is 50.7 Å². The van der Waals surface area contributed by atoms with Gasteiger partial charge in [-0.25, -0.2) is 8.42 Å². The number of carbonyl (C=O) groups excluding carboxylic acids is 2. The van der Waals surface area contributed by atoms with Crippen LogP contribution >= 0.6 is 0 Å². The van der Waals surface area contributed by atoms with Crippen LogP contribution in [0.4, 0.5) is 0 Å². The summed E-state index contributed by atoms with van der Waals surface area (Å²) in [4.78, 5) is 23.9. The Kier molecular flexibility index (Phi) is 8.87. The topological polar surface area (TPSA) is 95.6 Å². The maximum Gasteiger partial charge on any atom is 0.251 e. The molecule has 1 aliphatic heterocycles. The zero-order chi connectivity index (χ0) is 23.0. The van der Waals surface area contributed by atoms with Crippen LogP contribution in [0.1, 0.15) is 61.7 Å². The molecule has 32 heavy (non-hydrogen) atoms. The highest BCUT2D eigenvalue weighted by atomic mass is 32.2. The average molecular weight is 462 g/mol. The fourth-order valence-corrected chi connectivity index (χ4v) is 6.04. The van der Waals surface area contributed by atoms with Gasteiger partial charge in [-0.15, -0.1) is 0 Å². The molecule has 1 saturated carbocycles. The molecule has 1 heterocycles. The molecule has 1 aromatic rings. The number of hydrogen-bond donors (Lipinski definition) is 2. The molecular formula is C24H35N3O4S. The summed E-state index contributed by atoms with van der Waals surface area (Å²) in [7, 11) is -3.60. The van der Waals surface area contributed by atoms with Crippen molar-refractivity contribution in [2.24, 2.45) is 11.8 Å². The normalized spacial score (nSPS) is 18.8. The van der Waals surface area contributed by atoms with Crippen molar-refractivity contribution in [3.05, 3.63) is 42.5 Å². The first-order valence-electron chi connectivity index (χ1n) is 11.7. The van der Waals surface area contributed by atoms with E-state index in [9.17, 15) is 18.0 Å². The lowest BCUT2D eigenvalue weighted by molar-refractivity contribution is -0.116. The monoisotopic (exact) mass is 461 g/mol. The van der Waals surface area contributed by atoms with Gasteiger partial charge in [-0.1, -0.05) is 38.7 Å². The van der Waals surface area contributed by atoms with Crippen molar-refractivity contribution >= 4 is 21.8 Å². The molecule has 8 heteroatoms. The van der Waals surface area contributed by atoms with Crippen LogP contribution in [0.5, 0.6) is 0 Å². The second-order valence-corrected chi connectivity index (χ2v) is 10.8. The molecule has 1 aliphatic carbocycles. The van der Waals surface area contributed by atoms with Crippen LogP contribution in [-0.2, 0) is 14.8 Å². The highest BCUT2D eigenvalue weighted by Gasteiger charge is 2.29. The Bertz CT molecular complexity index is 884. The summed E-state index contributed by atoms with van der Waals surface area (Å²) in [5, 5.41) is 5.74. The molecule has 7 nitrogen and oxygen atoms in total. The van der Waals surface area contributed by atoms with Crippen molar-refractivity contribution in [3.63, 3.8) is 0 Å². The molecule has 0 aromatic heterocycles. The molecular weight excluding hydrogens is 426 g/mol. The van der Waals surface area contributed by atoms with Gasteiger partial charge in [-0.05, 0) is 61.4 Å². The molecule has 0 spiro atoms. The second kappa shape index (κ2) is 11.6. The number of sulfonamides is 1. The van der Waals surface area contributed by atoms with E-state index in [2.05, 4.69) is 17.2 Å². The van der Waals surface area contributed by atoms with E-state index in [4.69, 9.17) is 0 Å². The molecule has 3 rings (SSSR count). The number of benzene rings is 1. The Morgan fingerprint density at radius 2 is 1.62 bits per heavy atom. The Morgan fingerprint density at radius 1 is 0.969 bits per heavy atom. The van der Waals surface area contributed by atoms with E-state index in [1.807, 2.05) is 0 Å². The van der Waals surface area contributed by atoms with E-state index >= 15 is 0 Å². The summed E-state index contributed by atoms with van der Waals surface area (Å²) in [5.41, 5.74) is 0.476. The third kappa shape index (κ3) is 6.65. The molecule has 2 fully saturated rings. The van der Waals surface area contributed by atoms with Crippen molar-refractivity contribution in [1.29, 1.82) is 0 Å². The highest BCUT2D eigenvalue weighted by molar-refractivity contribution is 7.89. The maximum atomic E-state index is 13.0. The highest BCUT2D eigenvalue weighted by Crippen LogP contribution is 2.26. The standard InChI is InChI=1S/C24H35N3O4S/c1-2-23(28)26-18-20-13-16-27(17-14-20)32(30,31)22-10-8-21(9-11-22)24(29)25-15-12-19-6-4-3-5-7-19/h2,8-11,19-20H,1,3-7,12-18H2,(H,25,29)(H,26,28). The van der Waals surface area contributed by atoms with Crippen LogP contribution in [0.3, 0.4) is 0 Å². The van der Waals surface area contributed by atoms with Gasteiger partial charge in [0.1, 0.15) is 0 Å². The van der Waals surface area contributed by atoms with E-state index in [1.165, 1.54) is 54.6 Å². The van der Waals surface area contributed by atoms with Crippen molar-refractivity contribution in [2.75, 3.05) is 26.2 Å². The molecule has 2 aliphatic rings. The van der Waals surface area contributed by atoms with Gasteiger partial charge in [-0.2, -0.15) is 4.31 Å². The second-order valence-electron chi connectivity index (χ2n) is 8.87. The van der Waals surface area contributed by atoms with Crippen LogP contribution in [0, 0.1) is 11.8 Å². The lowest BCUT2D eigenvalue weighted by Crippen LogP contribution is -2.41. The number of hydrogen-bond acceptors (Lipinski definition) is 4. The van der Waals surface area contributed by atoms with Gasteiger partial charge >= 0.3 is 0 Å². The summed E-state index contributed by atoms with van der Waals surface area (Å²) in [6, 6.07) is 6.20. The average Bonchev–Trinajstić information content (AvgIpc) is 2.83. The fourth-order valence-electron chi connectivity index (χ4n) is 4.57. The Balaban J connectivity index is 1.48. The zero-order valence-electron chi connectivity index (χ0n) is 18.7. The first-order chi connectivity index (χ1) is 15.4. The molecule has 176 valence electrons. The van der Waals surface area contributed by atoms with Gasteiger partial charge in [0.15, 0.2) is 0 Å². The van der Waals surface area contributed by atoms with Gasteiger partial charge in [0.25, 0.3) is 5.91 Å². The predicted octanol–water partition coefficient (Wildman–Crippen LogP) is 3.09. The quantitative estimate of drug-likeness (QED) is 0.553. The van der Waals surface area contributed by atoms with Gasteiger partial charge in [-0.3, -0.25) is 9.59 Å². The van der Waals surface area contributed by atoms with Gasteiger partial charge in [0.05, 0.1) is 4.90 Å². The number of amides is 2. The summed E-state index contributed by atoms with van der Waals surface area (Å²) in [6.45, 7) is 5.45. The van der Waals surface area contributed by atoms with Crippen molar-refractivity contribution in [3.8, 4) is 0 Å². The fraction of sp³-hybridized carbons (Fsp3) is 0.583. The number of carbonyl (C=O) groups is 2.